The maximum Gasteiger partial charge on any atom is 0.331 e. The van der Waals surface area contributed by atoms with Gasteiger partial charge in [0.1, 0.15) is 0 Å². The van der Waals surface area contributed by atoms with Gasteiger partial charge in [-0.25, -0.2) is 4.79 Å². The van der Waals surface area contributed by atoms with Crippen LogP contribution in [0.3, 0.4) is 0 Å². The number of benzene rings is 1. The van der Waals surface area contributed by atoms with Crippen molar-refractivity contribution in [1.29, 1.82) is 0 Å². The molecule has 0 saturated heterocycles. The van der Waals surface area contributed by atoms with E-state index in [-0.39, 0.29) is 0 Å². The number of aliphatic carboxylic acids is 1. The second-order valence-electron chi connectivity index (χ2n) is 3.22. The summed E-state index contributed by atoms with van der Waals surface area (Å²) in [6, 6.07) is 6.39. The molecule has 0 spiro atoms. The quantitative estimate of drug-likeness (QED) is 0.703. The van der Waals surface area contributed by atoms with Gasteiger partial charge >= 0.3 is 5.97 Å². The molecule has 1 unspecified atom stereocenters. The van der Waals surface area contributed by atoms with Gasteiger partial charge in [-0.05, 0) is 11.1 Å². The number of carboxylic acids is 1. The predicted octanol–water partition coefficient (Wildman–Crippen LogP) is 0.784. The summed E-state index contributed by atoms with van der Waals surface area (Å²) in [5.74, 6) is -0.984. The van der Waals surface area contributed by atoms with E-state index in [4.69, 9.17) is 5.11 Å². The van der Waals surface area contributed by atoms with Crippen molar-refractivity contribution >= 4 is 12.4 Å². The van der Waals surface area contributed by atoms with Crippen molar-refractivity contribution in [2.75, 3.05) is 0 Å². The molecule has 0 aliphatic carbocycles. The first-order valence-electron chi connectivity index (χ1n) is 4.25. The minimum atomic E-state index is -0.984. The average molecular weight is 191 g/mol. The van der Waals surface area contributed by atoms with Gasteiger partial charge in [0.15, 0.2) is 6.04 Å². The molecule has 1 heterocycles. The molecule has 2 rings (SSSR count). The Hall–Kier alpha value is -1.84. The number of carbonyl (C=O) groups is 2. The van der Waals surface area contributed by atoms with Gasteiger partial charge < -0.3 is 10.0 Å². The molecule has 0 radical (unpaired) electrons. The van der Waals surface area contributed by atoms with Crippen LogP contribution in [0.2, 0.25) is 0 Å². The Morgan fingerprint density at radius 1 is 1.50 bits per heavy atom. The van der Waals surface area contributed by atoms with E-state index >= 15 is 0 Å². The van der Waals surface area contributed by atoms with Crippen LogP contribution in [0.4, 0.5) is 0 Å². The van der Waals surface area contributed by atoms with E-state index in [1.807, 2.05) is 12.1 Å². The fourth-order valence-corrected chi connectivity index (χ4v) is 1.78. The van der Waals surface area contributed by atoms with Gasteiger partial charge in [-0.3, -0.25) is 4.79 Å². The monoisotopic (exact) mass is 191 g/mol. The summed E-state index contributed by atoms with van der Waals surface area (Å²) in [7, 11) is 0. The summed E-state index contributed by atoms with van der Waals surface area (Å²) in [5, 5.41) is 8.96. The molecule has 0 fully saturated rings. The number of amides is 1. The third kappa shape index (κ3) is 1.16. The van der Waals surface area contributed by atoms with Crippen molar-refractivity contribution < 1.29 is 14.7 Å². The summed E-state index contributed by atoms with van der Waals surface area (Å²) < 4.78 is 0. The molecule has 1 aromatic rings. The molecule has 4 heteroatoms. The standard InChI is InChI=1S/C10H9NO3/c12-6-11-5-7-3-1-2-4-8(7)9(11)10(13)14/h1-4,6,9H,5H2,(H,13,14). The van der Waals surface area contributed by atoms with Crippen molar-refractivity contribution in [3.63, 3.8) is 0 Å². The summed E-state index contributed by atoms with van der Waals surface area (Å²) in [6.45, 7) is 0.386. The van der Waals surface area contributed by atoms with E-state index in [0.717, 1.165) is 5.56 Å². The number of rotatable bonds is 2. The first-order chi connectivity index (χ1) is 6.74. The lowest BCUT2D eigenvalue weighted by atomic mass is 10.1. The maximum atomic E-state index is 10.9. The molecule has 72 valence electrons. The Morgan fingerprint density at radius 3 is 2.86 bits per heavy atom. The number of carboxylic acid groups (broad SMARTS) is 1. The Kier molecular flexibility index (Phi) is 1.96. The van der Waals surface area contributed by atoms with E-state index in [1.54, 1.807) is 12.1 Å². The first kappa shape index (κ1) is 8.74. The minimum absolute atomic E-state index is 0.386. The highest BCUT2D eigenvalue weighted by Crippen LogP contribution is 2.32. The molecule has 1 aliphatic rings. The Bertz CT molecular complexity index is 389. The molecule has 0 saturated carbocycles. The molecule has 1 N–H and O–H groups in total. The molecule has 14 heavy (non-hydrogen) atoms. The number of fused-ring (bicyclic) bond motifs is 1. The smallest absolute Gasteiger partial charge is 0.331 e. The van der Waals surface area contributed by atoms with Crippen LogP contribution < -0.4 is 0 Å². The molecule has 1 amide bonds. The van der Waals surface area contributed by atoms with Gasteiger partial charge in [-0.2, -0.15) is 0 Å². The minimum Gasteiger partial charge on any atom is -0.479 e. The molecule has 4 nitrogen and oxygen atoms in total. The predicted molar refractivity (Wildman–Crippen MR) is 48.4 cm³/mol. The van der Waals surface area contributed by atoms with Crippen LogP contribution in [-0.2, 0) is 16.1 Å². The van der Waals surface area contributed by atoms with Gasteiger partial charge in [0.2, 0.25) is 6.41 Å². The van der Waals surface area contributed by atoms with Crippen LogP contribution in [0.5, 0.6) is 0 Å². The zero-order valence-corrected chi connectivity index (χ0v) is 7.38. The lowest BCUT2D eigenvalue weighted by Gasteiger charge is -2.15. The highest BCUT2D eigenvalue weighted by Gasteiger charge is 2.34. The molecule has 1 atom stereocenters. The van der Waals surface area contributed by atoms with Gasteiger partial charge in [0.25, 0.3) is 0 Å². The highest BCUT2D eigenvalue weighted by molar-refractivity contribution is 5.80. The van der Waals surface area contributed by atoms with Crippen molar-refractivity contribution in [3.8, 4) is 0 Å². The molecular weight excluding hydrogens is 182 g/mol. The Morgan fingerprint density at radius 2 is 2.21 bits per heavy atom. The van der Waals surface area contributed by atoms with Gasteiger partial charge in [0, 0.05) is 6.54 Å². The molecule has 0 aromatic heterocycles. The van der Waals surface area contributed by atoms with Gasteiger partial charge in [0.05, 0.1) is 0 Å². The lowest BCUT2D eigenvalue weighted by molar-refractivity contribution is -0.146. The van der Waals surface area contributed by atoms with E-state index in [9.17, 15) is 9.59 Å². The van der Waals surface area contributed by atoms with E-state index in [0.29, 0.717) is 18.5 Å². The van der Waals surface area contributed by atoms with Crippen LogP contribution in [0.25, 0.3) is 0 Å². The van der Waals surface area contributed by atoms with Crippen LogP contribution in [0, 0.1) is 0 Å². The molecule has 0 bridgehead atoms. The SMILES string of the molecule is O=CN1Cc2ccccc2C1C(=O)O. The largest absolute Gasteiger partial charge is 0.479 e. The third-order valence-corrected chi connectivity index (χ3v) is 2.40. The average Bonchev–Trinajstić information content (AvgIpc) is 2.55. The van der Waals surface area contributed by atoms with Crippen molar-refractivity contribution in [3.05, 3.63) is 35.4 Å². The molecule has 1 aliphatic heterocycles. The van der Waals surface area contributed by atoms with Crippen molar-refractivity contribution in [2.24, 2.45) is 0 Å². The summed E-state index contributed by atoms with van der Waals surface area (Å²) in [4.78, 5) is 22.9. The Labute approximate surface area is 80.8 Å². The Balaban J connectivity index is 2.47. The summed E-state index contributed by atoms with van der Waals surface area (Å²) >= 11 is 0. The van der Waals surface area contributed by atoms with E-state index < -0.39 is 12.0 Å². The van der Waals surface area contributed by atoms with Crippen LogP contribution >= 0.6 is 0 Å². The highest BCUT2D eigenvalue weighted by atomic mass is 16.4. The first-order valence-corrected chi connectivity index (χ1v) is 4.25. The van der Waals surface area contributed by atoms with E-state index in [2.05, 4.69) is 0 Å². The van der Waals surface area contributed by atoms with Gasteiger partial charge in [-0.1, -0.05) is 24.3 Å². The van der Waals surface area contributed by atoms with Crippen LogP contribution in [-0.4, -0.2) is 22.4 Å². The zero-order chi connectivity index (χ0) is 10.1. The lowest BCUT2D eigenvalue weighted by Crippen LogP contribution is -2.26. The van der Waals surface area contributed by atoms with Gasteiger partial charge in [-0.15, -0.1) is 0 Å². The maximum absolute atomic E-state index is 10.9. The van der Waals surface area contributed by atoms with Crippen molar-refractivity contribution in [1.82, 2.24) is 4.90 Å². The van der Waals surface area contributed by atoms with E-state index in [1.165, 1.54) is 4.90 Å². The number of carbonyl (C=O) groups excluding carboxylic acids is 1. The summed E-state index contributed by atoms with van der Waals surface area (Å²) in [6.07, 6.45) is 0.582. The topological polar surface area (TPSA) is 57.6 Å². The van der Waals surface area contributed by atoms with Crippen LogP contribution in [0.15, 0.2) is 24.3 Å². The fraction of sp³-hybridized carbons (Fsp3) is 0.200. The van der Waals surface area contributed by atoms with Crippen molar-refractivity contribution in [2.45, 2.75) is 12.6 Å². The third-order valence-electron chi connectivity index (χ3n) is 2.40. The zero-order valence-electron chi connectivity index (χ0n) is 7.38. The van der Waals surface area contributed by atoms with Crippen LogP contribution in [0.1, 0.15) is 17.2 Å². The second kappa shape index (κ2) is 3.14. The molecule has 1 aromatic carbocycles. The molecular formula is C10H9NO3. The summed E-state index contributed by atoms with van der Waals surface area (Å²) in [5.41, 5.74) is 1.62. The number of hydrogen-bond donors (Lipinski definition) is 1. The normalized spacial score (nSPS) is 19.1. The number of nitrogens with zero attached hydrogens (tertiary/aromatic N) is 1. The second-order valence-corrected chi connectivity index (χ2v) is 3.22. The number of hydrogen-bond acceptors (Lipinski definition) is 2. The fourth-order valence-electron chi connectivity index (χ4n) is 1.78.